The molecule has 0 aliphatic carbocycles. The van der Waals surface area contributed by atoms with Crippen LogP contribution >= 0.6 is 11.6 Å². The van der Waals surface area contributed by atoms with Gasteiger partial charge in [-0.25, -0.2) is 0 Å². The standard InChI is InChI=1S/C21H21ClN4O2/c1-14-7-9-15(10-8-14)18-12-17(11-16-5-3-4-6-19(16)28-2)21(25-23-18)26-24-20(27)13-22/h3-10,12H,11,13H2,1-2H3,(H,24,27)(H,25,26). The largest absolute Gasteiger partial charge is 0.496 e. The molecule has 0 saturated carbocycles. The van der Waals surface area contributed by atoms with Crippen LogP contribution in [0.4, 0.5) is 5.82 Å². The molecule has 0 aliphatic heterocycles. The summed E-state index contributed by atoms with van der Waals surface area (Å²) in [4.78, 5) is 11.5. The van der Waals surface area contributed by atoms with E-state index in [-0.39, 0.29) is 11.8 Å². The van der Waals surface area contributed by atoms with Crippen LogP contribution in [0.5, 0.6) is 5.75 Å². The van der Waals surface area contributed by atoms with Gasteiger partial charge in [-0.15, -0.1) is 21.8 Å². The number of rotatable bonds is 7. The maximum atomic E-state index is 11.5. The minimum Gasteiger partial charge on any atom is -0.496 e. The highest BCUT2D eigenvalue weighted by atomic mass is 35.5. The summed E-state index contributed by atoms with van der Waals surface area (Å²) in [7, 11) is 1.64. The Kier molecular flexibility index (Phi) is 6.45. The maximum Gasteiger partial charge on any atom is 0.253 e. The monoisotopic (exact) mass is 396 g/mol. The quantitative estimate of drug-likeness (QED) is 0.470. The number of methoxy groups -OCH3 is 1. The fourth-order valence-corrected chi connectivity index (χ4v) is 2.82. The highest BCUT2D eigenvalue weighted by molar-refractivity contribution is 6.27. The minimum atomic E-state index is -0.352. The number of carbonyl (C=O) groups is 1. The Morgan fingerprint density at radius 2 is 1.82 bits per heavy atom. The average Bonchev–Trinajstić information content (AvgIpc) is 2.73. The molecule has 0 spiro atoms. The zero-order valence-electron chi connectivity index (χ0n) is 15.7. The predicted octanol–water partition coefficient (Wildman–Crippen LogP) is 3.73. The third-order valence-electron chi connectivity index (χ3n) is 4.24. The summed E-state index contributed by atoms with van der Waals surface area (Å²) in [6.07, 6.45) is 0.553. The van der Waals surface area contributed by atoms with Crippen LogP contribution in [0.2, 0.25) is 0 Å². The molecule has 2 aromatic carbocycles. The predicted molar refractivity (Wildman–Crippen MR) is 110 cm³/mol. The fourth-order valence-electron chi connectivity index (χ4n) is 2.75. The molecule has 3 aromatic rings. The van der Waals surface area contributed by atoms with E-state index in [2.05, 4.69) is 21.0 Å². The van der Waals surface area contributed by atoms with Crippen molar-refractivity contribution in [3.8, 4) is 17.0 Å². The van der Waals surface area contributed by atoms with E-state index >= 15 is 0 Å². The molecule has 144 valence electrons. The van der Waals surface area contributed by atoms with Crippen molar-refractivity contribution >= 4 is 23.3 Å². The smallest absolute Gasteiger partial charge is 0.253 e. The molecule has 1 aromatic heterocycles. The van der Waals surface area contributed by atoms with E-state index in [1.54, 1.807) is 7.11 Å². The van der Waals surface area contributed by atoms with Crippen molar-refractivity contribution in [2.24, 2.45) is 0 Å². The van der Waals surface area contributed by atoms with E-state index in [9.17, 15) is 4.79 Å². The van der Waals surface area contributed by atoms with Gasteiger partial charge in [0.15, 0.2) is 5.82 Å². The Bertz CT molecular complexity index is 961. The van der Waals surface area contributed by atoms with E-state index in [0.717, 1.165) is 28.1 Å². The number of benzene rings is 2. The second-order valence-electron chi connectivity index (χ2n) is 6.26. The van der Waals surface area contributed by atoms with Crippen LogP contribution in [0.15, 0.2) is 54.6 Å². The fraction of sp³-hybridized carbons (Fsp3) is 0.190. The Morgan fingerprint density at radius 1 is 1.07 bits per heavy atom. The van der Waals surface area contributed by atoms with Crippen LogP contribution < -0.4 is 15.6 Å². The lowest BCUT2D eigenvalue weighted by atomic mass is 10.0. The van der Waals surface area contributed by atoms with Crippen molar-refractivity contribution in [1.82, 2.24) is 15.6 Å². The number of amides is 1. The highest BCUT2D eigenvalue weighted by Crippen LogP contribution is 2.26. The van der Waals surface area contributed by atoms with Gasteiger partial charge in [-0.05, 0) is 24.6 Å². The highest BCUT2D eigenvalue weighted by Gasteiger charge is 2.13. The van der Waals surface area contributed by atoms with Gasteiger partial charge >= 0.3 is 0 Å². The van der Waals surface area contributed by atoms with Crippen LogP contribution in [0.1, 0.15) is 16.7 Å². The lowest BCUT2D eigenvalue weighted by Gasteiger charge is -2.14. The second-order valence-corrected chi connectivity index (χ2v) is 6.53. The van der Waals surface area contributed by atoms with Crippen molar-refractivity contribution in [1.29, 1.82) is 0 Å². The van der Waals surface area contributed by atoms with Gasteiger partial charge < -0.3 is 4.74 Å². The Hall–Kier alpha value is -3.12. The first-order valence-electron chi connectivity index (χ1n) is 8.77. The molecule has 0 saturated heterocycles. The number of ether oxygens (including phenoxy) is 1. The molecule has 7 heteroatoms. The van der Waals surface area contributed by atoms with E-state index in [0.29, 0.717) is 12.2 Å². The summed E-state index contributed by atoms with van der Waals surface area (Å²) in [6.45, 7) is 2.04. The third kappa shape index (κ3) is 4.78. The first kappa shape index (κ1) is 19.6. The van der Waals surface area contributed by atoms with Crippen LogP contribution in [0.25, 0.3) is 11.3 Å². The van der Waals surface area contributed by atoms with Gasteiger partial charge in [0.1, 0.15) is 11.6 Å². The number of anilines is 1. The van der Waals surface area contributed by atoms with Gasteiger partial charge in [0, 0.05) is 17.5 Å². The van der Waals surface area contributed by atoms with Gasteiger partial charge in [-0.2, -0.15) is 0 Å². The van der Waals surface area contributed by atoms with E-state index in [1.165, 1.54) is 5.56 Å². The van der Waals surface area contributed by atoms with Crippen LogP contribution in [0.3, 0.4) is 0 Å². The van der Waals surface area contributed by atoms with Gasteiger partial charge in [0.05, 0.1) is 12.8 Å². The Morgan fingerprint density at radius 3 is 2.54 bits per heavy atom. The van der Waals surface area contributed by atoms with E-state index in [1.807, 2.05) is 61.5 Å². The number of nitrogens with zero attached hydrogens (tertiary/aromatic N) is 2. The lowest BCUT2D eigenvalue weighted by Crippen LogP contribution is -2.31. The van der Waals surface area contributed by atoms with Gasteiger partial charge in [0.25, 0.3) is 5.91 Å². The summed E-state index contributed by atoms with van der Waals surface area (Å²) in [6, 6.07) is 17.8. The zero-order valence-corrected chi connectivity index (χ0v) is 16.5. The molecule has 28 heavy (non-hydrogen) atoms. The number of carbonyl (C=O) groups excluding carboxylic acids is 1. The normalized spacial score (nSPS) is 10.4. The van der Waals surface area contributed by atoms with Gasteiger partial charge in [-0.1, -0.05) is 48.0 Å². The molecule has 2 N–H and O–H groups in total. The van der Waals surface area contributed by atoms with Crippen molar-refractivity contribution in [2.45, 2.75) is 13.3 Å². The number of hydrazine groups is 1. The van der Waals surface area contributed by atoms with Crippen LogP contribution in [-0.4, -0.2) is 29.1 Å². The molecule has 0 fully saturated rings. The summed E-state index contributed by atoms with van der Waals surface area (Å²) < 4.78 is 5.46. The number of alkyl halides is 1. The van der Waals surface area contributed by atoms with Gasteiger partial charge in [-0.3, -0.25) is 15.6 Å². The number of aromatic nitrogens is 2. The summed E-state index contributed by atoms with van der Waals surface area (Å²) >= 11 is 5.54. The summed E-state index contributed by atoms with van der Waals surface area (Å²) in [5.74, 6) is 0.741. The lowest BCUT2D eigenvalue weighted by molar-refractivity contribution is -0.118. The molecule has 1 heterocycles. The molecule has 0 radical (unpaired) electrons. The third-order valence-corrected chi connectivity index (χ3v) is 4.48. The number of aryl methyl sites for hydroxylation is 1. The van der Waals surface area contributed by atoms with Crippen LogP contribution in [0, 0.1) is 6.92 Å². The van der Waals surface area contributed by atoms with Crippen molar-refractivity contribution < 1.29 is 9.53 Å². The molecule has 0 unspecified atom stereocenters. The molecule has 3 rings (SSSR count). The topological polar surface area (TPSA) is 76.1 Å². The molecule has 6 nitrogen and oxygen atoms in total. The van der Waals surface area contributed by atoms with Gasteiger partial charge in [0.2, 0.25) is 0 Å². The van der Waals surface area contributed by atoms with Crippen molar-refractivity contribution in [2.75, 3.05) is 18.4 Å². The van der Waals surface area contributed by atoms with Crippen LogP contribution in [-0.2, 0) is 11.2 Å². The van der Waals surface area contributed by atoms with E-state index in [4.69, 9.17) is 16.3 Å². The Labute approximate surface area is 168 Å². The molecular weight excluding hydrogens is 376 g/mol. The number of para-hydroxylation sites is 1. The molecule has 0 atom stereocenters. The summed E-state index contributed by atoms with van der Waals surface area (Å²) in [5.41, 5.74) is 10.1. The molecule has 1 amide bonds. The average molecular weight is 397 g/mol. The Balaban J connectivity index is 1.97. The number of hydrogen-bond acceptors (Lipinski definition) is 5. The number of halogens is 1. The zero-order chi connectivity index (χ0) is 19.9. The van der Waals surface area contributed by atoms with Crippen molar-refractivity contribution in [3.63, 3.8) is 0 Å². The molecular formula is C21H21ClN4O2. The number of hydrogen-bond donors (Lipinski definition) is 2. The minimum absolute atomic E-state index is 0.149. The second kappa shape index (κ2) is 9.19. The van der Waals surface area contributed by atoms with Crippen molar-refractivity contribution in [3.05, 3.63) is 71.3 Å². The maximum absolute atomic E-state index is 11.5. The SMILES string of the molecule is COc1ccccc1Cc1cc(-c2ccc(C)cc2)nnc1NNC(=O)CCl. The number of nitrogens with one attached hydrogen (secondary N) is 2. The molecule has 0 bridgehead atoms. The van der Waals surface area contributed by atoms with E-state index < -0.39 is 0 Å². The molecule has 0 aliphatic rings. The first-order valence-corrected chi connectivity index (χ1v) is 9.30. The summed E-state index contributed by atoms with van der Waals surface area (Å²) in [5, 5.41) is 8.57. The first-order chi connectivity index (χ1) is 13.6.